The van der Waals surface area contributed by atoms with Crippen molar-refractivity contribution in [1.29, 1.82) is 0 Å². The first-order valence-corrected chi connectivity index (χ1v) is 19.1. The second-order valence-electron chi connectivity index (χ2n) is 15.0. The minimum atomic E-state index is -4.63. The lowest BCUT2D eigenvalue weighted by molar-refractivity contribution is -0.138. The van der Waals surface area contributed by atoms with E-state index >= 15 is 0 Å². The fourth-order valence-corrected chi connectivity index (χ4v) is 8.17. The average Bonchev–Trinajstić information content (AvgIpc) is 3.23. The van der Waals surface area contributed by atoms with E-state index < -0.39 is 40.6 Å². The summed E-state index contributed by atoms with van der Waals surface area (Å²) in [5, 5.41) is 1.49. The number of nitrogens with zero attached hydrogens (tertiary/aromatic N) is 1. The molecule has 0 bridgehead atoms. The van der Waals surface area contributed by atoms with Crippen molar-refractivity contribution in [1.82, 2.24) is 4.57 Å². The Morgan fingerprint density at radius 3 is 1.73 bits per heavy atom. The number of halogens is 6. The van der Waals surface area contributed by atoms with Crippen molar-refractivity contribution in [2.75, 3.05) is 0 Å². The van der Waals surface area contributed by atoms with Gasteiger partial charge in [0.1, 0.15) is 16.9 Å². The summed E-state index contributed by atoms with van der Waals surface area (Å²) in [7, 11) is 0. The lowest BCUT2D eigenvalue weighted by atomic mass is 9.87. The second-order valence-corrected chi connectivity index (χ2v) is 15.0. The smallest absolute Gasteiger partial charge is 0.416 e. The summed E-state index contributed by atoms with van der Waals surface area (Å²) in [6.07, 6.45) is -8.72. The number of benzene rings is 7. The fraction of sp³-hybridized carbons (Fsp3) is 0.102. The molecule has 0 saturated carbocycles. The van der Waals surface area contributed by atoms with Crippen molar-refractivity contribution >= 4 is 55.7 Å². The van der Waals surface area contributed by atoms with E-state index in [1.54, 1.807) is 62.4 Å². The van der Waals surface area contributed by atoms with E-state index in [4.69, 9.17) is 9.15 Å². The van der Waals surface area contributed by atoms with Gasteiger partial charge >= 0.3 is 18.3 Å². The fourth-order valence-electron chi connectivity index (χ4n) is 8.17. The number of hydrogen-bond acceptors (Lipinski definition) is 6. The molecule has 7 nitrogen and oxygen atoms in total. The highest BCUT2D eigenvalue weighted by Gasteiger charge is 2.32. The number of hydrogen-bond donors (Lipinski definition) is 0. The van der Waals surface area contributed by atoms with Crippen LogP contribution in [-0.2, 0) is 23.6 Å². The molecule has 13 heteroatoms. The number of carbonyl (C=O) groups is 2. The van der Waals surface area contributed by atoms with E-state index in [0.29, 0.717) is 49.7 Å². The van der Waals surface area contributed by atoms with Crippen LogP contribution in [0, 0.1) is 13.8 Å². The van der Waals surface area contributed by atoms with Crippen LogP contribution in [0.15, 0.2) is 135 Å². The summed E-state index contributed by atoms with van der Waals surface area (Å²) in [5.74, 6) is -0.347. The van der Waals surface area contributed by atoms with Crippen molar-refractivity contribution in [3.63, 3.8) is 0 Å². The van der Waals surface area contributed by atoms with E-state index in [1.807, 2.05) is 0 Å². The average molecular weight is 842 g/mol. The van der Waals surface area contributed by atoms with Crippen LogP contribution in [0.1, 0.15) is 38.2 Å². The summed E-state index contributed by atoms with van der Waals surface area (Å²) < 4.78 is 95.2. The van der Waals surface area contributed by atoms with Crippen LogP contribution < -0.4 is 15.9 Å². The highest BCUT2D eigenvalue weighted by atomic mass is 19.4. The first kappa shape index (κ1) is 39.9. The van der Waals surface area contributed by atoms with Gasteiger partial charge < -0.3 is 9.15 Å². The van der Waals surface area contributed by atoms with Crippen LogP contribution >= 0.6 is 0 Å². The number of pyridine rings is 1. The molecule has 0 N–H and O–H groups in total. The Hall–Kier alpha value is -7.54. The Labute approximate surface area is 346 Å². The number of rotatable bonds is 7. The number of aromatic nitrogens is 1. The van der Waals surface area contributed by atoms with Crippen LogP contribution in [0.3, 0.4) is 0 Å². The number of carbonyl (C=O) groups excluding carboxylic acids is 2. The quantitative estimate of drug-likeness (QED) is 0.0396. The van der Waals surface area contributed by atoms with Gasteiger partial charge in [0.2, 0.25) is 0 Å². The van der Waals surface area contributed by atoms with E-state index in [0.717, 1.165) is 35.1 Å². The van der Waals surface area contributed by atoms with Crippen molar-refractivity contribution in [3.05, 3.63) is 175 Å². The van der Waals surface area contributed by atoms with Gasteiger partial charge in [0.05, 0.1) is 23.2 Å². The third-order valence-corrected chi connectivity index (χ3v) is 11.1. The molecular formula is C49H29F6NO6. The molecular weight excluding hydrogens is 813 g/mol. The summed E-state index contributed by atoms with van der Waals surface area (Å²) in [4.78, 5) is 53.8. The summed E-state index contributed by atoms with van der Waals surface area (Å²) in [5.41, 5.74) is 0.697. The second kappa shape index (κ2) is 14.6. The molecule has 9 rings (SSSR count). The van der Waals surface area contributed by atoms with Gasteiger partial charge in [-0.25, -0.2) is 4.57 Å². The summed E-state index contributed by atoms with van der Waals surface area (Å²) in [6, 6.07) is 27.8. The van der Waals surface area contributed by atoms with Crippen LogP contribution in [0.4, 0.5) is 26.3 Å². The lowest BCUT2D eigenvalue weighted by Crippen LogP contribution is -2.32. The molecule has 9 aromatic rings. The molecule has 0 aliphatic rings. The van der Waals surface area contributed by atoms with Crippen molar-refractivity contribution in [2.45, 2.75) is 32.6 Å². The molecule has 2 aromatic heterocycles. The van der Waals surface area contributed by atoms with Gasteiger partial charge in [0, 0.05) is 43.4 Å². The first-order valence-electron chi connectivity index (χ1n) is 19.1. The minimum absolute atomic E-state index is 0.0234. The lowest BCUT2D eigenvalue weighted by Gasteiger charge is -2.20. The zero-order valence-corrected chi connectivity index (χ0v) is 32.5. The molecule has 0 aliphatic heterocycles. The zero-order chi connectivity index (χ0) is 43.8. The molecule has 0 spiro atoms. The number of aldehydes is 1. The van der Waals surface area contributed by atoms with Crippen molar-refractivity contribution in [2.24, 2.45) is 0 Å². The standard InChI is InChI=1S/C49H29F6NO6/c1-25-19-33(20-26(2)39(25)24-57)61-41(58)21-27-7-17-32(18-8-27)56-46(59)37-22-35(28-9-13-30(14-10-28)48(50,51)52)42-34-5-3-4-6-40(34)62-45-36(23-38(47(56)60)43(37)44(42)45)29-11-15-31(16-12-29)49(53,54)55/h3-20,22-24H,21H2,1-2H3. The number of aryl methyl sites for hydroxylation is 2. The molecule has 0 saturated heterocycles. The summed E-state index contributed by atoms with van der Waals surface area (Å²) >= 11 is 0. The van der Waals surface area contributed by atoms with Gasteiger partial charge in [-0.05, 0) is 114 Å². The Balaban J connectivity index is 1.26. The van der Waals surface area contributed by atoms with Gasteiger partial charge in [-0.3, -0.25) is 19.2 Å². The zero-order valence-electron chi connectivity index (χ0n) is 32.5. The normalized spacial score (nSPS) is 12.2. The van der Waals surface area contributed by atoms with Gasteiger partial charge in [-0.2, -0.15) is 26.3 Å². The molecule has 0 aliphatic carbocycles. The Morgan fingerprint density at radius 1 is 0.645 bits per heavy atom. The third kappa shape index (κ3) is 6.75. The number of para-hydroxylation sites is 1. The SMILES string of the molecule is Cc1cc(OC(=O)Cc2ccc(-n3c(=O)c4cc(-c5ccc(C(F)(F)F)cc5)c5oc6ccccc6c6c(-c7ccc(C(F)(F)F)cc7)cc(c3=O)c4c56)cc2)cc(C)c1C=O. The van der Waals surface area contributed by atoms with Crippen LogP contribution in [-0.4, -0.2) is 16.8 Å². The minimum Gasteiger partial charge on any atom is -0.455 e. The molecule has 0 radical (unpaired) electrons. The van der Waals surface area contributed by atoms with E-state index in [2.05, 4.69) is 0 Å². The first-order chi connectivity index (χ1) is 29.5. The van der Waals surface area contributed by atoms with Gasteiger partial charge in [-0.15, -0.1) is 0 Å². The molecule has 7 aromatic carbocycles. The number of ether oxygens (including phenoxy) is 1. The van der Waals surface area contributed by atoms with Crippen LogP contribution in [0.2, 0.25) is 0 Å². The van der Waals surface area contributed by atoms with Crippen LogP contribution in [0.25, 0.3) is 71.4 Å². The van der Waals surface area contributed by atoms with Crippen molar-refractivity contribution < 1.29 is 45.1 Å². The third-order valence-electron chi connectivity index (χ3n) is 11.1. The molecule has 0 fully saturated rings. The molecule has 2 heterocycles. The molecule has 62 heavy (non-hydrogen) atoms. The topological polar surface area (TPSA) is 95.6 Å². The van der Waals surface area contributed by atoms with Gasteiger partial charge in [0.25, 0.3) is 11.1 Å². The highest BCUT2D eigenvalue weighted by molar-refractivity contribution is 6.32. The van der Waals surface area contributed by atoms with Gasteiger partial charge in [0.15, 0.2) is 6.29 Å². The molecule has 0 atom stereocenters. The molecule has 0 unspecified atom stereocenters. The Bertz CT molecular complexity index is 3350. The maximum Gasteiger partial charge on any atom is 0.416 e. The van der Waals surface area contributed by atoms with Gasteiger partial charge in [-0.1, -0.05) is 54.6 Å². The van der Waals surface area contributed by atoms with Crippen LogP contribution in [0.5, 0.6) is 5.75 Å². The van der Waals surface area contributed by atoms with E-state index in [1.165, 1.54) is 48.5 Å². The Kier molecular flexibility index (Phi) is 9.38. The predicted molar refractivity (Wildman–Crippen MR) is 223 cm³/mol. The van der Waals surface area contributed by atoms with E-state index in [-0.39, 0.29) is 56.1 Å². The number of esters is 1. The predicted octanol–water partition coefficient (Wildman–Crippen LogP) is 11.8. The maximum atomic E-state index is 14.7. The number of fused-ring (bicyclic) bond motifs is 2. The molecule has 308 valence electrons. The highest BCUT2D eigenvalue weighted by Crippen LogP contribution is 2.46. The van der Waals surface area contributed by atoms with E-state index in [9.17, 15) is 45.5 Å². The van der Waals surface area contributed by atoms with Crippen molar-refractivity contribution in [3.8, 4) is 33.7 Å². The summed E-state index contributed by atoms with van der Waals surface area (Å²) in [6.45, 7) is 3.44. The number of alkyl halides is 6. The molecule has 0 amide bonds. The Morgan fingerprint density at radius 2 is 1.18 bits per heavy atom. The largest absolute Gasteiger partial charge is 0.455 e. The monoisotopic (exact) mass is 841 g/mol. The maximum absolute atomic E-state index is 14.7.